The molecule has 11 heteroatoms. The number of pyridine rings is 1. The van der Waals surface area contributed by atoms with Crippen LogP contribution < -0.4 is 16.3 Å². The van der Waals surface area contributed by atoms with E-state index in [1.54, 1.807) is 34.8 Å². The van der Waals surface area contributed by atoms with Crippen molar-refractivity contribution >= 4 is 34.3 Å². The van der Waals surface area contributed by atoms with Crippen molar-refractivity contribution in [2.75, 3.05) is 17.7 Å². The summed E-state index contributed by atoms with van der Waals surface area (Å²) >= 11 is 0. The molecule has 0 radical (unpaired) electrons. The number of aromatic nitrogens is 5. The Morgan fingerprint density at radius 1 is 1.08 bits per heavy atom. The lowest BCUT2D eigenvalue weighted by Crippen LogP contribution is -2.49. The van der Waals surface area contributed by atoms with Crippen molar-refractivity contribution in [2.45, 2.75) is 31.7 Å². The molecule has 0 atom stereocenters. The van der Waals surface area contributed by atoms with Gasteiger partial charge in [0.05, 0.1) is 36.6 Å². The predicted molar refractivity (Wildman–Crippen MR) is 142 cm³/mol. The maximum Gasteiger partial charge on any atom is 0.411 e. The Labute approximate surface area is 218 Å². The highest BCUT2D eigenvalue weighted by Gasteiger charge is 2.54. The van der Waals surface area contributed by atoms with Gasteiger partial charge in [0, 0.05) is 55.3 Å². The molecule has 4 aromatic rings. The minimum absolute atomic E-state index is 0.0573. The topological polar surface area (TPSA) is 132 Å². The van der Waals surface area contributed by atoms with Crippen molar-refractivity contribution in [3.63, 3.8) is 0 Å². The maximum absolute atomic E-state index is 13.2. The molecule has 3 aromatic heterocycles. The third kappa shape index (κ3) is 3.98. The third-order valence-corrected chi connectivity index (χ3v) is 7.89. The van der Waals surface area contributed by atoms with Crippen LogP contribution in [-0.2, 0) is 18.8 Å². The Balaban J connectivity index is 1.32. The highest BCUT2D eigenvalue weighted by atomic mass is 16.5. The second kappa shape index (κ2) is 8.76. The summed E-state index contributed by atoms with van der Waals surface area (Å²) in [5.74, 6) is 0.729. The number of carbonyl (C=O) groups is 1. The van der Waals surface area contributed by atoms with Gasteiger partial charge in [0.15, 0.2) is 0 Å². The SMILES string of the molecule is COC(=O)Nc1cc(Nc2cc3c(cn2)n(C)c(=O)n3C2CC3(CC(C#N)C3)C2)cc(-c2cnn(C)c2)c1. The average molecular weight is 513 g/mol. The van der Waals surface area contributed by atoms with Crippen LogP contribution in [0.2, 0.25) is 0 Å². The molecule has 2 fully saturated rings. The smallest absolute Gasteiger partial charge is 0.411 e. The molecule has 0 bridgehead atoms. The lowest BCUT2D eigenvalue weighted by Gasteiger charge is -2.56. The van der Waals surface area contributed by atoms with Gasteiger partial charge in [0.25, 0.3) is 0 Å². The molecule has 38 heavy (non-hydrogen) atoms. The van der Waals surface area contributed by atoms with Gasteiger partial charge in [-0.15, -0.1) is 0 Å². The Morgan fingerprint density at radius 2 is 1.84 bits per heavy atom. The van der Waals surface area contributed by atoms with Gasteiger partial charge in [-0.25, -0.2) is 14.6 Å². The van der Waals surface area contributed by atoms with E-state index in [1.165, 1.54) is 7.11 Å². The van der Waals surface area contributed by atoms with Crippen LogP contribution in [0.25, 0.3) is 22.2 Å². The Bertz CT molecular complexity index is 1660. The number of aryl methyl sites for hydroxylation is 2. The molecule has 11 nitrogen and oxygen atoms in total. The number of methoxy groups -OCH3 is 1. The fourth-order valence-corrected chi connectivity index (χ4v) is 6.04. The second-order valence-corrected chi connectivity index (χ2v) is 10.5. The summed E-state index contributed by atoms with van der Waals surface area (Å²) in [5.41, 5.74) is 4.74. The van der Waals surface area contributed by atoms with Gasteiger partial charge in [-0.2, -0.15) is 10.4 Å². The first kappa shape index (κ1) is 23.8. The van der Waals surface area contributed by atoms with Crippen LogP contribution in [0.5, 0.6) is 0 Å². The van der Waals surface area contributed by atoms with Crippen molar-refractivity contribution in [3.05, 3.63) is 53.3 Å². The molecule has 1 aromatic carbocycles. The fourth-order valence-electron chi connectivity index (χ4n) is 6.04. The molecule has 1 spiro atoms. The highest BCUT2D eigenvalue weighted by Crippen LogP contribution is 2.62. The van der Waals surface area contributed by atoms with E-state index < -0.39 is 6.09 Å². The summed E-state index contributed by atoms with van der Waals surface area (Å²) in [5, 5.41) is 19.5. The Hall–Kier alpha value is -4.59. The first-order valence-electron chi connectivity index (χ1n) is 12.5. The van der Waals surface area contributed by atoms with Crippen molar-refractivity contribution < 1.29 is 9.53 Å². The van der Waals surface area contributed by atoms with Gasteiger partial charge in [0.1, 0.15) is 5.82 Å². The first-order chi connectivity index (χ1) is 18.3. The normalized spacial score (nSPS) is 21.9. The molecule has 0 aliphatic heterocycles. The number of ether oxygens (including phenoxy) is 1. The standard InChI is InChI=1S/C27H28N8O3/c1-33-15-18(13-30-33)17-4-19(6-20(5-17)32-25(36)38-3)31-24-7-22-23(14-29-24)34(2)26(37)35(22)21-10-27(11-21)8-16(9-27)12-28/h4-7,13-16,21H,8-11H2,1-3H3,(H,29,31)(H,32,36). The average Bonchev–Trinajstić information content (AvgIpc) is 3.39. The van der Waals surface area contributed by atoms with Crippen LogP contribution in [0.15, 0.2) is 47.7 Å². The number of nitrogens with one attached hydrogen (secondary N) is 2. The minimum Gasteiger partial charge on any atom is -0.453 e. The van der Waals surface area contributed by atoms with Crippen LogP contribution in [0, 0.1) is 22.7 Å². The van der Waals surface area contributed by atoms with Crippen molar-refractivity contribution in [3.8, 4) is 17.2 Å². The van der Waals surface area contributed by atoms with Crippen LogP contribution in [-0.4, -0.2) is 37.1 Å². The highest BCUT2D eigenvalue weighted by molar-refractivity contribution is 5.88. The lowest BCUT2D eigenvalue weighted by atomic mass is 9.50. The van der Waals surface area contributed by atoms with Crippen molar-refractivity contribution in [1.82, 2.24) is 23.9 Å². The molecule has 2 saturated carbocycles. The van der Waals surface area contributed by atoms with E-state index >= 15 is 0 Å². The van der Waals surface area contributed by atoms with Gasteiger partial charge in [-0.3, -0.25) is 19.1 Å². The van der Waals surface area contributed by atoms with Crippen molar-refractivity contribution in [1.29, 1.82) is 5.26 Å². The third-order valence-electron chi connectivity index (χ3n) is 7.89. The van der Waals surface area contributed by atoms with Gasteiger partial charge < -0.3 is 10.1 Å². The largest absolute Gasteiger partial charge is 0.453 e. The van der Waals surface area contributed by atoms with E-state index in [2.05, 4.69) is 26.8 Å². The maximum atomic E-state index is 13.2. The molecular formula is C27H28N8O3. The van der Waals surface area contributed by atoms with Gasteiger partial charge in [-0.05, 0) is 54.9 Å². The zero-order chi connectivity index (χ0) is 26.6. The minimum atomic E-state index is -0.571. The number of carbonyl (C=O) groups excluding carboxylic acids is 1. The monoisotopic (exact) mass is 512 g/mol. The number of nitrogens with zero attached hydrogens (tertiary/aromatic N) is 6. The summed E-state index contributed by atoms with van der Waals surface area (Å²) in [6.45, 7) is 0. The Morgan fingerprint density at radius 3 is 2.53 bits per heavy atom. The number of imidazole rings is 1. The zero-order valence-electron chi connectivity index (χ0n) is 21.4. The van der Waals surface area contributed by atoms with E-state index in [9.17, 15) is 9.59 Å². The summed E-state index contributed by atoms with van der Waals surface area (Å²) in [7, 11) is 4.92. The molecular weight excluding hydrogens is 484 g/mol. The molecule has 3 heterocycles. The van der Waals surface area contributed by atoms with E-state index in [-0.39, 0.29) is 23.1 Å². The molecule has 0 saturated heterocycles. The molecule has 1 amide bonds. The van der Waals surface area contributed by atoms with Gasteiger partial charge >= 0.3 is 11.8 Å². The number of nitriles is 1. The lowest BCUT2D eigenvalue weighted by molar-refractivity contribution is -0.0430. The zero-order valence-corrected chi connectivity index (χ0v) is 21.4. The number of rotatable bonds is 5. The quantitative estimate of drug-likeness (QED) is 0.407. The Kier molecular flexibility index (Phi) is 5.48. The summed E-state index contributed by atoms with van der Waals surface area (Å²) in [6.07, 6.45) is 8.48. The second-order valence-electron chi connectivity index (χ2n) is 10.5. The summed E-state index contributed by atoms with van der Waals surface area (Å²) < 4.78 is 9.99. The molecule has 6 rings (SSSR count). The molecule has 2 N–H and O–H groups in total. The first-order valence-corrected chi connectivity index (χ1v) is 12.5. The summed E-state index contributed by atoms with van der Waals surface area (Å²) in [4.78, 5) is 29.6. The fraction of sp³-hybridized carbons (Fsp3) is 0.370. The number of benzene rings is 1. The molecule has 2 aliphatic rings. The van der Waals surface area contributed by atoms with Crippen molar-refractivity contribution in [2.24, 2.45) is 25.4 Å². The van der Waals surface area contributed by atoms with Crippen LogP contribution >= 0.6 is 0 Å². The predicted octanol–water partition coefficient (Wildman–Crippen LogP) is 4.31. The van der Waals surface area contributed by atoms with Crippen LogP contribution in [0.4, 0.5) is 22.0 Å². The van der Waals surface area contributed by atoms with Crippen LogP contribution in [0.3, 0.4) is 0 Å². The van der Waals surface area contributed by atoms with E-state index in [1.807, 2.05) is 36.0 Å². The number of anilines is 3. The van der Waals surface area contributed by atoms with E-state index in [0.29, 0.717) is 17.2 Å². The summed E-state index contributed by atoms with van der Waals surface area (Å²) in [6, 6.07) is 9.95. The van der Waals surface area contributed by atoms with Gasteiger partial charge in [0.2, 0.25) is 0 Å². The number of hydrogen-bond acceptors (Lipinski definition) is 7. The number of hydrogen-bond donors (Lipinski definition) is 2. The molecule has 194 valence electrons. The number of amides is 1. The van der Waals surface area contributed by atoms with E-state index in [4.69, 9.17) is 10.00 Å². The van der Waals surface area contributed by atoms with E-state index in [0.717, 1.165) is 47.8 Å². The van der Waals surface area contributed by atoms with Crippen LogP contribution in [0.1, 0.15) is 31.7 Å². The number of fused-ring (bicyclic) bond motifs is 1. The van der Waals surface area contributed by atoms with Gasteiger partial charge in [-0.1, -0.05) is 0 Å². The molecule has 2 aliphatic carbocycles. The molecule has 0 unspecified atom stereocenters.